The predicted octanol–water partition coefficient (Wildman–Crippen LogP) is 2.41. The van der Waals surface area contributed by atoms with Crippen molar-refractivity contribution in [3.05, 3.63) is 34.2 Å². The first-order chi connectivity index (χ1) is 7.97. The molecule has 0 amide bonds. The average molecular weight is 335 g/mol. The van der Waals surface area contributed by atoms with Gasteiger partial charge in [-0.3, -0.25) is 4.72 Å². The van der Waals surface area contributed by atoms with Crippen LogP contribution in [0.2, 0.25) is 0 Å². The summed E-state index contributed by atoms with van der Waals surface area (Å²) in [6.45, 7) is 0. The number of thiazole rings is 1. The highest BCUT2D eigenvalue weighted by atomic mass is 79.9. The standard InChI is InChI=1S/C9H7BrN2O3S2/c10-8-5-11-9(16-8)12-17(14,15)7-3-1-6(13)2-4-7/h1-5,13H,(H,11,12). The third-order valence-electron chi connectivity index (χ3n) is 1.85. The number of hydrogen-bond donors (Lipinski definition) is 2. The van der Waals surface area contributed by atoms with Crippen LogP contribution in [0.25, 0.3) is 0 Å². The van der Waals surface area contributed by atoms with E-state index >= 15 is 0 Å². The van der Waals surface area contributed by atoms with E-state index in [0.29, 0.717) is 0 Å². The molecule has 0 aliphatic carbocycles. The van der Waals surface area contributed by atoms with Crippen molar-refractivity contribution in [2.45, 2.75) is 4.90 Å². The van der Waals surface area contributed by atoms with E-state index in [1.165, 1.54) is 41.8 Å². The molecule has 0 aliphatic rings. The Morgan fingerprint density at radius 1 is 1.29 bits per heavy atom. The second-order valence-electron chi connectivity index (χ2n) is 3.07. The molecule has 2 N–H and O–H groups in total. The highest BCUT2D eigenvalue weighted by molar-refractivity contribution is 9.11. The first-order valence-corrected chi connectivity index (χ1v) is 7.50. The fourth-order valence-corrected chi connectivity index (χ4v) is 3.45. The van der Waals surface area contributed by atoms with E-state index in [9.17, 15) is 8.42 Å². The lowest BCUT2D eigenvalue weighted by Crippen LogP contribution is -2.12. The molecule has 0 bridgehead atoms. The molecule has 0 atom stereocenters. The summed E-state index contributed by atoms with van der Waals surface area (Å²) in [5.41, 5.74) is 0. The van der Waals surface area contributed by atoms with E-state index < -0.39 is 10.0 Å². The molecule has 1 heterocycles. The lowest BCUT2D eigenvalue weighted by Gasteiger charge is -2.04. The number of phenolic OH excluding ortho intramolecular Hbond substituents is 1. The van der Waals surface area contributed by atoms with Gasteiger partial charge in [0.05, 0.1) is 14.9 Å². The molecular formula is C9H7BrN2O3S2. The van der Waals surface area contributed by atoms with E-state index in [1.54, 1.807) is 0 Å². The summed E-state index contributed by atoms with van der Waals surface area (Å²) in [6.07, 6.45) is 1.51. The summed E-state index contributed by atoms with van der Waals surface area (Å²) in [5.74, 6) is 0.0148. The Balaban J connectivity index is 2.28. The fourth-order valence-electron chi connectivity index (χ4n) is 1.10. The largest absolute Gasteiger partial charge is 0.508 e. The van der Waals surface area contributed by atoms with Crippen LogP contribution in [-0.4, -0.2) is 18.5 Å². The Labute approximate surface area is 110 Å². The van der Waals surface area contributed by atoms with Gasteiger partial charge in [-0.2, -0.15) is 0 Å². The minimum Gasteiger partial charge on any atom is -0.508 e. The van der Waals surface area contributed by atoms with Crippen LogP contribution in [0.15, 0.2) is 39.1 Å². The Morgan fingerprint density at radius 3 is 2.47 bits per heavy atom. The molecule has 2 rings (SSSR count). The predicted molar refractivity (Wildman–Crippen MR) is 68.7 cm³/mol. The molecule has 1 aromatic carbocycles. The van der Waals surface area contributed by atoms with Gasteiger partial charge in [0.1, 0.15) is 5.75 Å². The quantitative estimate of drug-likeness (QED) is 0.903. The summed E-state index contributed by atoms with van der Waals surface area (Å²) >= 11 is 4.37. The van der Waals surface area contributed by atoms with E-state index in [2.05, 4.69) is 25.6 Å². The topological polar surface area (TPSA) is 79.3 Å². The van der Waals surface area contributed by atoms with Gasteiger partial charge in [-0.15, -0.1) is 0 Å². The Kier molecular flexibility index (Phi) is 3.36. The number of hydrogen-bond acceptors (Lipinski definition) is 5. The molecule has 0 radical (unpaired) electrons. The van der Waals surface area contributed by atoms with Crippen LogP contribution in [0.3, 0.4) is 0 Å². The number of anilines is 1. The van der Waals surface area contributed by atoms with Crippen molar-refractivity contribution < 1.29 is 13.5 Å². The van der Waals surface area contributed by atoms with Gasteiger partial charge in [-0.25, -0.2) is 13.4 Å². The first-order valence-electron chi connectivity index (χ1n) is 4.40. The van der Waals surface area contributed by atoms with Crippen molar-refractivity contribution >= 4 is 42.4 Å². The number of aromatic hydroxyl groups is 1. The molecule has 0 saturated carbocycles. The molecule has 5 nitrogen and oxygen atoms in total. The highest BCUT2D eigenvalue weighted by Crippen LogP contribution is 2.25. The van der Waals surface area contributed by atoms with Crippen LogP contribution in [-0.2, 0) is 10.0 Å². The molecule has 1 aromatic heterocycles. The third-order valence-corrected chi connectivity index (χ3v) is 4.72. The van der Waals surface area contributed by atoms with Crippen molar-refractivity contribution in [3.63, 3.8) is 0 Å². The minimum absolute atomic E-state index is 0.0148. The number of rotatable bonds is 3. The number of sulfonamides is 1. The number of phenols is 1. The van der Waals surface area contributed by atoms with Crippen LogP contribution in [0.1, 0.15) is 0 Å². The lowest BCUT2D eigenvalue weighted by atomic mass is 10.3. The van der Waals surface area contributed by atoms with Gasteiger partial charge < -0.3 is 5.11 Å². The van der Waals surface area contributed by atoms with Crippen LogP contribution in [0, 0.1) is 0 Å². The number of nitrogens with one attached hydrogen (secondary N) is 1. The molecule has 8 heteroatoms. The first kappa shape index (κ1) is 12.3. The number of benzene rings is 1. The summed E-state index contributed by atoms with van der Waals surface area (Å²) in [4.78, 5) is 3.95. The van der Waals surface area contributed by atoms with Crippen LogP contribution in [0.5, 0.6) is 5.75 Å². The number of halogens is 1. The molecule has 0 spiro atoms. The van der Waals surface area contributed by atoms with E-state index in [4.69, 9.17) is 5.11 Å². The van der Waals surface area contributed by atoms with E-state index in [0.717, 1.165) is 3.79 Å². The molecule has 90 valence electrons. The molecule has 17 heavy (non-hydrogen) atoms. The monoisotopic (exact) mass is 334 g/mol. The van der Waals surface area contributed by atoms with Crippen molar-refractivity contribution in [1.29, 1.82) is 0 Å². The second kappa shape index (κ2) is 4.63. The summed E-state index contributed by atoms with van der Waals surface area (Å²) in [7, 11) is -3.65. The van der Waals surface area contributed by atoms with Crippen molar-refractivity contribution in [1.82, 2.24) is 4.98 Å². The third kappa shape index (κ3) is 2.96. The Hall–Kier alpha value is -1.12. The Bertz CT molecular complexity index is 622. The van der Waals surface area contributed by atoms with Gasteiger partial charge in [0, 0.05) is 0 Å². The van der Waals surface area contributed by atoms with Gasteiger partial charge in [-0.1, -0.05) is 11.3 Å². The number of aromatic nitrogens is 1. The minimum atomic E-state index is -3.65. The van der Waals surface area contributed by atoms with Crippen molar-refractivity contribution in [2.24, 2.45) is 0 Å². The van der Waals surface area contributed by atoms with Gasteiger partial charge in [0.2, 0.25) is 0 Å². The van der Waals surface area contributed by atoms with Gasteiger partial charge in [0.25, 0.3) is 10.0 Å². The van der Waals surface area contributed by atoms with Gasteiger partial charge in [0.15, 0.2) is 5.13 Å². The van der Waals surface area contributed by atoms with Crippen molar-refractivity contribution in [2.75, 3.05) is 4.72 Å². The summed E-state index contributed by atoms with van der Waals surface area (Å²) < 4.78 is 26.8. The maximum absolute atomic E-state index is 11.9. The fraction of sp³-hybridized carbons (Fsp3) is 0. The highest BCUT2D eigenvalue weighted by Gasteiger charge is 2.15. The summed E-state index contributed by atoms with van der Waals surface area (Å²) in [5, 5.41) is 9.37. The van der Waals surface area contributed by atoms with E-state index in [-0.39, 0.29) is 15.8 Å². The molecule has 0 unspecified atom stereocenters. The van der Waals surface area contributed by atoms with Crippen LogP contribution < -0.4 is 4.72 Å². The molecule has 0 aliphatic heterocycles. The number of nitrogens with zero attached hydrogens (tertiary/aromatic N) is 1. The molecule has 2 aromatic rings. The molecular weight excluding hydrogens is 328 g/mol. The van der Waals surface area contributed by atoms with Gasteiger partial charge >= 0.3 is 0 Å². The summed E-state index contributed by atoms with van der Waals surface area (Å²) in [6, 6.07) is 5.26. The zero-order chi connectivity index (χ0) is 12.5. The second-order valence-corrected chi connectivity index (χ2v) is 7.16. The van der Waals surface area contributed by atoms with E-state index in [1.807, 2.05) is 0 Å². The zero-order valence-corrected chi connectivity index (χ0v) is 11.5. The normalized spacial score (nSPS) is 11.4. The molecule has 0 fully saturated rings. The zero-order valence-electron chi connectivity index (χ0n) is 8.29. The average Bonchev–Trinajstić information content (AvgIpc) is 2.63. The molecule has 0 saturated heterocycles. The van der Waals surface area contributed by atoms with Crippen LogP contribution in [0.4, 0.5) is 5.13 Å². The van der Waals surface area contributed by atoms with Gasteiger partial charge in [-0.05, 0) is 40.2 Å². The van der Waals surface area contributed by atoms with Crippen molar-refractivity contribution in [3.8, 4) is 5.75 Å². The van der Waals surface area contributed by atoms with Crippen LogP contribution >= 0.6 is 27.3 Å². The lowest BCUT2D eigenvalue weighted by molar-refractivity contribution is 0.475. The maximum atomic E-state index is 11.9. The Morgan fingerprint density at radius 2 is 1.94 bits per heavy atom. The maximum Gasteiger partial charge on any atom is 0.263 e. The smallest absolute Gasteiger partial charge is 0.263 e. The SMILES string of the molecule is O=S(=O)(Nc1ncc(Br)s1)c1ccc(O)cc1.